The highest BCUT2D eigenvalue weighted by Gasteiger charge is 2.19. The van der Waals surface area contributed by atoms with Crippen LogP contribution in [0.2, 0.25) is 0 Å². The number of aryl methyl sites for hydroxylation is 1. The zero-order chi connectivity index (χ0) is 14.5. The molecule has 20 heavy (non-hydrogen) atoms. The molecule has 1 aliphatic rings. The van der Waals surface area contributed by atoms with Gasteiger partial charge in [0.1, 0.15) is 4.99 Å². The van der Waals surface area contributed by atoms with E-state index in [9.17, 15) is 0 Å². The molecule has 0 aromatic carbocycles. The van der Waals surface area contributed by atoms with Crippen LogP contribution in [-0.2, 0) is 12.8 Å². The van der Waals surface area contributed by atoms with Gasteiger partial charge in [0, 0.05) is 13.1 Å². The van der Waals surface area contributed by atoms with Crippen LogP contribution < -0.4 is 11.2 Å². The second kappa shape index (κ2) is 6.95. The number of nitrogens with zero attached hydrogens (tertiary/aromatic N) is 3. The second-order valence-corrected chi connectivity index (χ2v) is 5.52. The fourth-order valence-corrected chi connectivity index (χ4v) is 2.89. The summed E-state index contributed by atoms with van der Waals surface area (Å²) in [7, 11) is 0. The molecule has 0 atom stereocenters. The highest BCUT2D eigenvalue weighted by Crippen LogP contribution is 2.22. The molecule has 1 aromatic rings. The van der Waals surface area contributed by atoms with Gasteiger partial charge in [0.2, 0.25) is 0 Å². The first-order valence-electron chi connectivity index (χ1n) is 7.37. The summed E-state index contributed by atoms with van der Waals surface area (Å²) in [6, 6.07) is 0. The van der Waals surface area contributed by atoms with Crippen molar-refractivity contribution < 1.29 is 0 Å². The van der Waals surface area contributed by atoms with E-state index in [-0.39, 0.29) is 0 Å². The molecular formula is C14H23N5S. The van der Waals surface area contributed by atoms with Crippen molar-refractivity contribution in [3.63, 3.8) is 0 Å². The summed E-state index contributed by atoms with van der Waals surface area (Å²) in [6.07, 6.45) is 5.41. The molecule has 0 saturated carbocycles. The average molecular weight is 293 g/mol. The fraction of sp³-hybridized carbons (Fsp3) is 0.643. The van der Waals surface area contributed by atoms with E-state index in [0.29, 0.717) is 10.8 Å². The molecule has 0 spiro atoms. The Balaban J connectivity index is 2.33. The molecule has 1 aromatic heterocycles. The Hall–Kier alpha value is -1.27. The van der Waals surface area contributed by atoms with E-state index >= 15 is 0 Å². The van der Waals surface area contributed by atoms with Crippen LogP contribution in [0, 0.1) is 0 Å². The van der Waals surface area contributed by atoms with Crippen molar-refractivity contribution in [2.45, 2.75) is 46.0 Å². The summed E-state index contributed by atoms with van der Waals surface area (Å²) in [5, 5.41) is 10.8. The number of nitrogens with one attached hydrogen (secondary N) is 1. The van der Waals surface area contributed by atoms with E-state index in [0.717, 1.165) is 42.8 Å². The van der Waals surface area contributed by atoms with Crippen molar-refractivity contribution >= 4 is 23.0 Å². The van der Waals surface area contributed by atoms with Crippen molar-refractivity contribution in [1.29, 1.82) is 0 Å². The Kier molecular flexibility index (Phi) is 5.25. The third-order valence-corrected chi connectivity index (χ3v) is 3.92. The Morgan fingerprint density at radius 3 is 2.45 bits per heavy atom. The molecule has 0 bridgehead atoms. The number of hydrogen-bond acceptors (Lipinski definition) is 5. The molecule has 0 amide bonds. The van der Waals surface area contributed by atoms with Gasteiger partial charge in [-0.25, -0.2) is 5.01 Å². The van der Waals surface area contributed by atoms with Gasteiger partial charge in [0.25, 0.3) is 0 Å². The van der Waals surface area contributed by atoms with Gasteiger partial charge < -0.3 is 11.2 Å². The van der Waals surface area contributed by atoms with Crippen LogP contribution in [-0.4, -0.2) is 33.3 Å². The topological polar surface area (TPSA) is 67.1 Å². The van der Waals surface area contributed by atoms with Crippen molar-refractivity contribution in [2.75, 3.05) is 18.5 Å². The molecule has 0 aliphatic carbocycles. The van der Waals surface area contributed by atoms with Gasteiger partial charge in [0.05, 0.1) is 11.3 Å². The van der Waals surface area contributed by atoms with Crippen LogP contribution in [0.25, 0.3) is 0 Å². The fourth-order valence-electron chi connectivity index (χ4n) is 2.67. The molecule has 5 nitrogen and oxygen atoms in total. The minimum Gasteiger partial charge on any atom is -0.389 e. The molecule has 0 unspecified atom stereocenters. The third-order valence-electron chi connectivity index (χ3n) is 3.71. The molecule has 6 heteroatoms. The van der Waals surface area contributed by atoms with E-state index in [1.165, 1.54) is 19.3 Å². The minimum absolute atomic E-state index is 0.394. The van der Waals surface area contributed by atoms with Crippen molar-refractivity contribution in [2.24, 2.45) is 5.73 Å². The number of piperidine rings is 1. The smallest absolute Gasteiger partial charge is 0.173 e. The minimum atomic E-state index is 0.394. The zero-order valence-corrected chi connectivity index (χ0v) is 13.1. The summed E-state index contributed by atoms with van der Waals surface area (Å²) >= 11 is 5.23. The van der Waals surface area contributed by atoms with E-state index in [4.69, 9.17) is 18.0 Å². The number of thiocarbonyl (C=S) groups is 1. The highest BCUT2D eigenvalue weighted by molar-refractivity contribution is 7.80. The molecule has 1 fully saturated rings. The SMILES string of the molecule is CCc1nnc(NN2CCCCC2)c(C(N)=S)c1CC. The number of nitrogens with two attached hydrogens (primary N) is 1. The Morgan fingerprint density at radius 1 is 1.20 bits per heavy atom. The molecule has 110 valence electrons. The number of hydrazine groups is 1. The first-order chi connectivity index (χ1) is 9.67. The number of rotatable bonds is 5. The first kappa shape index (κ1) is 15.1. The van der Waals surface area contributed by atoms with Gasteiger partial charge in [-0.05, 0) is 31.2 Å². The van der Waals surface area contributed by atoms with Gasteiger partial charge in [-0.2, -0.15) is 5.10 Å². The van der Waals surface area contributed by atoms with E-state index in [1.807, 2.05) is 0 Å². The van der Waals surface area contributed by atoms with Crippen LogP contribution in [0.4, 0.5) is 5.82 Å². The monoisotopic (exact) mass is 293 g/mol. The highest BCUT2D eigenvalue weighted by atomic mass is 32.1. The number of anilines is 1. The molecule has 1 saturated heterocycles. The zero-order valence-electron chi connectivity index (χ0n) is 12.3. The van der Waals surface area contributed by atoms with Crippen molar-refractivity contribution in [1.82, 2.24) is 15.2 Å². The summed E-state index contributed by atoms with van der Waals surface area (Å²) in [4.78, 5) is 0.394. The van der Waals surface area contributed by atoms with Crippen LogP contribution in [0.5, 0.6) is 0 Å². The summed E-state index contributed by atoms with van der Waals surface area (Å²) in [5.41, 5.74) is 12.2. The average Bonchev–Trinajstić information content (AvgIpc) is 2.47. The quantitative estimate of drug-likeness (QED) is 0.810. The molecule has 1 aliphatic heterocycles. The van der Waals surface area contributed by atoms with Crippen molar-refractivity contribution in [3.8, 4) is 0 Å². The van der Waals surface area contributed by atoms with Crippen LogP contribution >= 0.6 is 12.2 Å². The lowest BCUT2D eigenvalue weighted by molar-refractivity contribution is 0.272. The molecule has 0 radical (unpaired) electrons. The van der Waals surface area contributed by atoms with Crippen LogP contribution in [0.15, 0.2) is 0 Å². The lowest BCUT2D eigenvalue weighted by atomic mass is 10.0. The van der Waals surface area contributed by atoms with E-state index in [2.05, 4.69) is 34.5 Å². The Labute approximate surface area is 125 Å². The van der Waals surface area contributed by atoms with Gasteiger partial charge >= 0.3 is 0 Å². The molecule has 2 heterocycles. The van der Waals surface area contributed by atoms with Crippen LogP contribution in [0.1, 0.15) is 49.9 Å². The molecular weight excluding hydrogens is 270 g/mol. The Morgan fingerprint density at radius 2 is 1.90 bits per heavy atom. The first-order valence-corrected chi connectivity index (χ1v) is 7.78. The van der Waals surface area contributed by atoms with E-state index < -0.39 is 0 Å². The van der Waals surface area contributed by atoms with Gasteiger partial charge in [-0.1, -0.05) is 32.5 Å². The number of hydrogen-bond donors (Lipinski definition) is 2. The summed E-state index contributed by atoms with van der Waals surface area (Å²) < 4.78 is 0. The summed E-state index contributed by atoms with van der Waals surface area (Å²) in [6.45, 7) is 6.22. The normalized spacial score (nSPS) is 16.1. The number of aromatic nitrogens is 2. The lowest BCUT2D eigenvalue weighted by Crippen LogP contribution is -2.36. The maximum atomic E-state index is 5.92. The standard InChI is InChI=1S/C14H23N5S/c1-3-10-11(4-2)16-17-14(12(10)13(15)20)18-19-8-6-5-7-9-19/h3-9H2,1-2H3,(H2,15,20)(H,17,18). The summed E-state index contributed by atoms with van der Waals surface area (Å²) in [5.74, 6) is 0.702. The lowest BCUT2D eigenvalue weighted by Gasteiger charge is -2.28. The van der Waals surface area contributed by atoms with Crippen LogP contribution in [0.3, 0.4) is 0 Å². The maximum absolute atomic E-state index is 5.92. The predicted molar refractivity (Wildman–Crippen MR) is 85.7 cm³/mol. The van der Waals surface area contributed by atoms with Gasteiger partial charge in [-0.3, -0.25) is 0 Å². The third kappa shape index (κ3) is 3.24. The van der Waals surface area contributed by atoms with E-state index in [1.54, 1.807) is 0 Å². The van der Waals surface area contributed by atoms with Crippen molar-refractivity contribution in [3.05, 3.63) is 16.8 Å². The van der Waals surface area contributed by atoms with Gasteiger partial charge in [-0.15, -0.1) is 5.10 Å². The molecule has 3 N–H and O–H groups in total. The predicted octanol–water partition coefficient (Wildman–Crippen LogP) is 2.05. The molecule has 2 rings (SSSR count). The second-order valence-electron chi connectivity index (χ2n) is 5.08. The Bertz CT molecular complexity index is 483. The largest absolute Gasteiger partial charge is 0.389 e. The van der Waals surface area contributed by atoms with Gasteiger partial charge in [0.15, 0.2) is 5.82 Å². The maximum Gasteiger partial charge on any atom is 0.173 e.